The zero-order valence-electron chi connectivity index (χ0n) is 8.91. The number of hydrogen-bond acceptors (Lipinski definition) is 2. The Labute approximate surface area is 110 Å². The van der Waals surface area contributed by atoms with Crippen LogP contribution in [0.15, 0.2) is 47.1 Å². The van der Waals surface area contributed by atoms with E-state index in [2.05, 4.69) is 25.7 Å². The van der Waals surface area contributed by atoms with Crippen molar-refractivity contribution in [1.82, 2.24) is 4.98 Å². The van der Waals surface area contributed by atoms with Gasteiger partial charge in [-0.15, -0.1) is 13.2 Å². The summed E-state index contributed by atoms with van der Waals surface area (Å²) in [6, 6.07) is 10.9. The van der Waals surface area contributed by atoms with Crippen LogP contribution in [0.25, 0.3) is 11.3 Å². The zero-order valence-corrected chi connectivity index (χ0v) is 10.5. The van der Waals surface area contributed by atoms with E-state index in [1.165, 1.54) is 18.2 Å². The maximum absolute atomic E-state index is 12.3. The van der Waals surface area contributed by atoms with Gasteiger partial charge < -0.3 is 4.74 Å². The smallest absolute Gasteiger partial charge is 0.405 e. The summed E-state index contributed by atoms with van der Waals surface area (Å²) in [5, 5.41) is 0. The van der Waals surface area contributed by atoms with Gasteiger partial charge in [-0.05, 0) is 40.2 Å². The van der Waals surface area contributed by atoms with Gasteiger partial charge in [-0.1, -0.05) is 18.2 Å². The fraction of sp³-hybridized carbons (Fsp3) is 0.0833. The molecule has 1 heterocycles. The van der Waals surface area contributed by atoms with Gasteiger partial charge in [-0.3, -0.25) is 0 Å². The first-order chi connectivity index (χ1) is 8.46. The van der Waals surface area contributed by atoms with Gasteiger partial charge in [-0.25, -0.2) is 4.98 Å². The van der Waals surface area contributed by atoms with Crippen molar-refractivity contribution in [3.63, 3.8) is 0 Å². The number of hydrogen-bond donors (Lipinski definition) is 0. The summed E-state index contributed by atoms with van der Waals surface area (Å²) in [4.78, 5) is 4.10. The molecule has 0 aliphatic heterocycles. The molecule has 0 saturated heterocycles. The molecule has 2 nitrogen and oxygen atoms in total. The molecule has 0 bridgehead atoms. The van der Waals surface area contributed by atoms with Crippen LogP contribution >= 0.6 is 15.9 Å². The minimum absolute atomic E-state index is 0.268. The normalized spacial score (nSPS) is 11.3. The van der Waals surface area contributed by atoms with E-state index in [0.29, 0.717) is 10.3 Å². The molecule has 0 aliphatic rings. The lowest BCUT2D eigenvalue weighted by atomic mass is 10.1. The van der Waals surface area contributed by atoms with E-state index in [4.69, 9.17) is 0 Å². The molecule has 0 spiro atoms. The first kappa shape index (κ1) is 12.9. The monoisotopic (exact) mass is 317 g/mol. The fourth-order valence-corrected chi connectivity index (χ4v) is 1.79. The molecule has 0 N–H and O–H groups in total. The van der Waals surface area contributed by atoms with Crippen molar-refractivity contribution in [1.29, 1.82) is 0 Å². The Morgan fingerprint density at radius 3 is 2.39 bits per heavy atom. The van der Waals surface area contributed by atoms with Gasteiger partial charge in [0.05, 0.1) is 5.69 Å². The van der Waals surface area contributed by atoms with E-state index in [9.17, 15) is 13.2 Å². The summed E-state index contributed by atoms with van der Waals surface area (Å²) in [6.45, 7) is 0. The Hall–Kier alpha value is -1.56. The van der Waals surface area contributed by atoms with Crippen molar-refractivity contribution < 1.29 is 17.9 Å². The molecule has 0 fully saturated rings. The van der Waals surface area contributed by atoms with Crippen LogP contribution in [0.2, 0.25) is 0 Å². The van der Waals surface area contributed by atoms with Crippen LogP contribution in [0, 0.1) is 0 Å². The van der Waals surface area contributed by atoms with Crippen LogP contribution in [0.4, 0.5) is 13.2 Å². The van der Waals surface area contributed by atoms with Gasteiger partial charge in [0.2, 0.25) is 0 Å². The van der Waals surface area contributed by atoms with Gasteiger partial charge in [0.1, 0.15) is 10.4 Å². The van der Waals surface area contributed by atoms with Gasteiger partial charge in [0.15, 0.2) is 0 Å². The van der Waals surface area contributed by atoms with Crippen molar-refractivity contribution in [2.45, 2.75) is 6.36 Å². The lowest BCUT2D eigenvalue weighted by Gasteiger charge is -2.12. The molecule has 0 aliphatic carbocycles. The number of nitrogens with zero attached hydrogens (tertiary/aromatic N) is 1. The van der Waals surface area contributed by atoms with Crippen molar-refractivity contribution in [2.24, 2.45) is 0 Å². The third kappa shape index (κ3) is 3.22. The number of para-hydroxylation sites is 1. The highest BCUT2D eigenvalue weighted by molar-refractivity contribution is 9.10. The first-order valence-corrected chi connectivity index (χ1v) is 5.73. The summed E-state index contributed by atoms with van der Waals surface area (Å²) < 4.78 is 41.3. The van der Waals surface area contributed by atoms with Crippen LogP contribution < -0.4 is 4.74 Å². The van der Waals surface area contributed by atoms with Gasteiger partial charge in [-0.2, -0.15) is 0 Å². The number of pyridine rings is 1. The third-order valence-corrected chi connectivity index (χ3v) is 2.55. The second kappa shape index (κ2) is 4.97. The molecule has 2 rings (SSSR count). The van der Waals surface area contributed by atoms with Crippen LogP contribution in [0.1, 0.15) is 0 Å². The molecule has 18 heavy (non-hydrogen) atoms. The molecule has 0 amide bonds. The van der Waals surface area contributed by atoms with Crippen molar-refractivity contribution in [2.75, 3.05) is 0 Å². The molecule has 0 saturated carbocycles. The minimum atomic E-state index is -4.72. The SMILES string of the molecule is FC(F)(F)Oc1ccccc1-c1cccc(Br)n1. The quantitative estimate of drug-likeness (QED) is 0.765. The maximum Gasteiger partial charge on any atom is 0.573 e. The second-order valence-electron chi connectivity index (χ2n) is 3.39. The number of benzene rings is 1. The predicted octanol–water partition coefficient (Wildman–Crippen LogP) is 4.41. The number of ether oxygens (including phenoxy) is 1. The Morgan fingerprint density at radius 2 is 1.72 bits per heavy atom. The number of rotatable bonds is 2. The summed E-state index contributed by atoms with van der Waals surface area (Å²) >= 11 is 3.17. The molecular formula is C12H7BrF3NO. The average molecular weight is 318 g/mol. The fourth-order valence-electron chi connectivity index (χ4n) is 1.45. The van der Waals surface area contributed by atoms with E-state index < -0.39 is 6.36 Å². The number of aromatic nitrogens is 1. The third-order valence-electron chi connectivity index (χ3n) is 2.10. The molecule has 1 aromatic heterocycles. The summed E-state index contributed by atoms with van der Waals surface area (Å²) in [5.41, 5.74) is 0.695. The van der Waals surface area contributed by atoms with Crippen LogP contribution in [-0.2, 0) is 0 Å². The largest absolute Gasteiger partial charge is 0.573 e. The van der Waals surface area contributed by atoms with Gasteiger partial charge in [0.25, 0.3) is 0 Å². The highest BCUT2D eigenvalue weighted by Gasteiger charge is 2.32. The average Bonchev–Trinajstić information content (AvgIpc) is 2.27. The molecule has 2 aromatic rings. The van der Waals surface area contributed by atoms with Crippen LogP contribution in [0.3, 0.4) is 0 Å². The molecule has 0 unspecified atom stereocenters. The Morgan fingerprint density at radius 1 is 1.00 bits per heavy atom. The summed E-state index contributed by atoms with van der Waals surface area (Å²) in [7, 11) is 0. The Balaban J connectivity index is 2.45. The lowest BCUT2D eigenvalue weighted by molar-refractivity contribution is -0.274. The summed E-state index contributed by atoms with van der Waals surface area (Å²) in [6.07, 6.45) is -4.72. The van der Waals surface area contributed by atoms with Crippen molar-refractivity contribution in [3.05, 3.63) is 47.1 Å². The van der Waals surface area contributed by atoms with Crippen LogP contribution in [-0.4, -0.2) is 11.3 Å². The van der Waals surface area contributed by atoms with Crippen molar-refractivity contribution in [3.8, 4) is 17.0 Å². The molecule has 1 aromatic carbocycles. The van der Waals surface area contributed by atoms with Crippen molar-refractivity contribution >= 4 is 15.9 Å². The van der Waals surface area contributed by atoms with Gasteiger partial charge >= 0.3 is 6.36 Å². The molecular weight excluding hydrogens is 311 g/mol. The Kier molecular flexibility index (Phi) is 3.56. The molecule has 0 radical (unpaired) electrons. The minimum Gasteiger partial charge on any atom is -0.405 e. The zero-order chi connectivity index (χ0) is 13.2. The summed E-state index contributed by atoms with van der Waals surface area (Å²) in [5.74, 6) is -0.268. The highest BCUT2D eigenvalue weighted by atomic mass is 79.9. The Bertz CT molecular complexity index is 557. The number of alkyl halides is 3. The maximum atomic E-state index is 12.3. The van der Waals surface area contributed by atoms with E-state index in [1.54, 1.807) is 24.3 Å². The second-order valence-corrected chi connectivity index (χ2v) is 4.20. The predicted molar refractivity (Wildman–Crippen MR) is 64.1 cm³/mol. The molecule has 6 heteroatoms. The highest BCUT2D eigenvalue weighted by Crippen LogP contribution is 2.32. The van der Waals surface area contributed by atoms with Gasteiger partial charge in [0, 0.05) is 5.56 Å². The van der Waals surface area contributed by atoms with E-state index in [1.807, 2.05) is 0 Å². The topological polar surface area (TPSA) is 22.1 Å². The number of halogens is 4. The van der Waals surface area contributed by atoms with E-state index in [-0.39, 0.29) is 11.3 Å². The lowest BCUT2D eigenvalue weighted by Crippen LogP contribution is -2.17. The van der Waals surface area contributed by atoms with E-state index >= 15 is 0 Å². The first-order valence-electron chi connectivity index (χ1n) is 4.93. The van der Waals surface area contributed by atoms with Crippen LogP contribution in [0.5, 0.6) is 5.75 Å². The standard InChI is InChI=1S/C12H7BrF3NO/c13-11-7-3-5-9(17-11)8-4-1-2-6-10(8)18-12(14,15)16/h1-7H. The molecule has 0 atom stereocenters. The van der Waals surface area contributed by atoms with E-state index in [0.717, 1.165) is 0 Å². The molecule has 94 valence electrons.